The van der Waals surface area contributed by atoms with E-state index in [0.29, 0.717) is 28.4 Å². The third-order valence-corrected chi connectivity index (χ3v) is 6.63. The number of nitrogens with one attached hydrogen (secondary N) is 2. The van der Waals surface area contributed by atoms with Crippen molar-refractivity contribution in [1.82, 2.24) is 4.90 Å². The molecule has 2 aliphatic rings. The number of rotatable bonds is 9. The van der Waals surface area contributed by atoms with E-state index in [-0.39, 0.29) is 24.7 Å². The molecule has 0 aliphatic carbocycles. The normalized spacial score (nSPS) is 21.9. The summed E-state index contributed by atoms with van der Waals surface area (Å²) in [7, 11) is 0. The van der Waals surface area contributed by atoms with Crippen LogP contribution in [-0.2, 0) is 14.3 Å². The van der Waals surface area contributed by atoms with Gasteiger partial charge in [-0.05, 0) is 69.6 Å². The van der Waals surface area contributed by atoms with E-state index in [0.717, 1.165) is 25.9 Å². The number of hydrogen-bond donors (Lipinski definition) is 3. The zero-order valence-corrected chi connectivity index (χ0v) is 22.3. The molecule has 0 radical (unpaired) electrons. The number of benzene rings is 1. The van der Waals surface area contributed by atoms with Gasteiger partial charge in [0.25, 0.3) is 0 Å². The number of halogens is 1. The van der Waals surface area contributed by atoms with Gasteiger partial charge in [-0.25, -0.2) is 0 Å². The number of fused-ring (bicyclic) bond motifs is 1. The Morgan fingerprint density at radius 2 is 2.08 bits per heavy atom. The Balaban J connectivity index is 2.11. The summed E-state index contributed by atoms with van der Waals surface area (Å²) in [5.74, 6) is -0.314. The minimum Gasteiger partial charge on any atom is -0.466 e. The van der Waals surface area contributed by atoms with Crippen molar-refractivity contribution in [1.29, 1.82) is 10.8 Å². The van der Waals surface area contributed by atoms with Crippen LogP contribution in [0.2, 0.25) is 5.02 Å². The van der Waals surface area contributed by atoms with Crippen LogP contribution < -0.4 is 4.90 Å². The number of piperidine rings is 1. The Labute approximate surface area is 224 Å². The average Bonchev–Trinajstić information content (AvgIpc) is 2.98. The molecule has 1 aromatic carbocycles. The number of anilines is 1. The molecule has 1 aromatic rings. The second-order valence-electron chi connectivity index (χ2n) is 9.11. The number of carbonyl (C=O) groups excluding carboxylic acids is 1. The van der Waals surface area contributed by atoms with Crippen LogP contribution in [0.25, 0.3) is 0 Å². The summed E-state index contributed by atoms with van der Waals surface area (Å²) in [6.07, 6.45) is 7.02. The highest BCUT2D eigenvalue weighted by atomic mass is 35.5. The van der Waals surface area contributed by atoms with E-state index < -0.39 is 24.3 Å². The first-order valence-corrected chi connectivity index (χ1v) is 13.1. The van der Waals surface area contributed by atoms with Gasteiger partial charge in [0.1, 0.15) is 23.9 Å². The number of aliphatic hydroxyl groups is 1. The number of carbonyl (C=O) groups is 1. The monoisotopic (exact) mass is 528 g/mol. The zero-order valence-electron chi connectivity index (χ0n) is 21.6. The molecule has 0 aromatic heterocycles. The molecular formula is C28H37ClN4O4. The van der Waals surface area contributed by atoms with Crippen molar-refractivity contribution in [3.05, 3.63) is 65.2 Å². The van der Waals surface area contributed by atoms with Gasteiger partial charge in [-0.15, -0.1) is 0 Å². The molecule has 3 unspecified atom stereocenters. The van der Waals surface area contributed by atoms with Crippen molar-refractivity contribution in [2.24, 2.45) is 0 Å². The largest absolute Gasteiger partial charge is 0.466 e. The smallest absolute Gasteiger partial charge is 0.308 e. The summed E-state index contributed by atoms with van der Waals surface area (Å²) in [5.41, 5.74) is 1.74. The first-order valence-electron chi connectivity index (χ1n) is 12.7. The molecule has 3 rings (SSSR count). The molecule has 37 heavy (non-hydrogen) atoms. The molecule has 0 bridgehead atoms. The molecule has 0 spiro atoms. The van der Waals surface area contributed by atoms with Crippen LogP contribution in [0, 0.1) is 10.8 Å². The van der Waals surface area contributed by atoms with Gasteiger partial charge in [0.2, 0.25) is 0 Å². The molecule has 2 aliphatic heterocycles. The number of hydrogen-bond acceptors (Lipinski definition) is 7. The van der Waals surface area contributed by atoms with Crippen molar-refractivity contribution in [2.75, 3.05) is 31.1 Å². The number of ether oxygens (including phenoxy) is 2. The fraction of sp³-hybridized carbons (Fsp3) is 0.464. The molecule has 2 heterocycles. The molecule has 8 nitrogen and oxygen atoms in total. The lowest BCUT2D eigenvalue weighted by molar-refractivity contribution is -0.145. The first kappa shape index (κ1) is 28.8. The van der Waals surface area contributed by atoms with Crippen molar-refractivity contribution >= 4 is 34.9 Å². The highest BCUT2D eigenvalue weighted by Crippen LogP contribution is 2.41. The number of esters is 1. The van der Waals surface area contributed by atoms with E-state index in [9.17, 15) is 9.90 Å². The van der Waals surface area contributed by atoms with Crippen molar-refractivity contribution in [3.8, 4) is 0 Å². The van der Waals surface area contributed by atoms with Crippen LogP contribution in [-0.4, -0.2) is 66.1 Å². The van der Waals surface area contributed by atoms with Crippen molar-refractivity contribution in [2.45, 2.75) is 57.8 Å². The fourth-order valence-corrected chi connectivity index (χ4v) is 4.87. The van der Waals surface area contributed by atoms with Crippen LogP contribution in [0.15, 0.2) is 54.7 Å². The second-order valence-corrected chi connectivity index (χ2v) is 9.54. The van der Waals surface area contributed by atoms with Crippen LogP contribution in [0.3, 0.4) is 0 Å². The van der Waals surface area contributed by atoms with E-state index in [4.69, 9.17) is 31.9 Å². The Bertz CT molecular complexity index is 1060. The Hall–Kier alpha value is -2.78. The maximum atomic E-state index is 12.5. The van der Waals surface area contributed by atoms with Crippen LogP contribution in [0.4, 0.5) is 5.69 Å². The van der Waals surface area contributed by atoms with Gasteiger partial charge in [0.05, 0.1) is 31.4 Å². The minimum absolute atomic E-state index is 0.0291. The Kier molecular flexibility index (Phi) is 10.6. The summed E-state index contributed by atoms with van der Waals surface area (Å²) in [6, 6.07) is 5.22. The molecule has 0 saturated carbocycles. The Morgan fingerprint density at radius 3 is 2.73 bits per heavy atom. The van der Waals surface area contributed by atoms with E-state index in [1.54, 1.807) is 54.3 Å². The molecule has 3 N–H and O–H groups in total. The number of allylic oxidation sites excluding steroid dienone is 1. The van der Waals surface area contributed by atoms with Crippen LogP contribution in [0.5, 0.6) is 0 Å². The molecule has 3 atom stereocenters. The number of likely N-dealkylation sites (tertiary alicyclic amines) is 1. The molecule has 0 amide bonds. The highest BCUT2D eigenvalue weighted by molar-refractivity contribution is 6.31. The van der Waals surface area contributed by atoms with E-state index >= 15 is 0 Å². The van der Waals surface area contributed by atoms with Gasteiger partial charge in [-0.2, -0.15) is 0 Å². The van der Waals surface area contributed by atoms with Gasteiger partial charge in [0, 0.05) is 10.6 Å². The molecule has 200 valence electrons. The summed E-state index contributed by atoms with van der Waals surface area (Å²) < 4.78 is 11.6. The lowest BCUT2D eigenvalue weighted by atomic mass is 9.97. The lowest BCUT2D eigenvalue weighted by Crippen LogP contribution is -2.48. The Morgan fingerprint density at radius 1 is 1.35 bits per heavy atom. The number of aliphatic hydroxyl groups excluding tert-OH is 1. The van der Waals surface area contributed by atoms with Crippen LogP contribution >= 0.6 is 11.6 Å². The predicted octanol–water partition coefficient (Wildman–Crippen LogP) is 5.03. The van der Waals surface area contributed by atoms with Gasteiger partial charge < -0.3 is 14.6 Å². The molecular weight excluding hydrogens is 492 g/mol. The topological polar surface area (TPSA) is 110 Å². The van der Waals surface area contributed by atoms with Gasteiger partial charge in [0.15, 0.2) is 0 Å². The number of amidine groups is 2. The highest BCUT2D eigenvalue weighted by Gasteiger charge is 2.38. The van der Waals surface area contributed by atoms with Crippen molar-refractivity contribution < 1.29 is 19.4 Å². The third kappa shape index (κ3) is 7.38. The van der Waals surface area contributed by atoms with E-state index in [1.165, 1.54) is 6.42 Å². The quantitative estimate of drug-likeness (QED) is 0.136. The van der Waals surface area contributed by atoms with E-state index in [1.807, 2.05) is 6.92 Å². The summed E-state index contributed by atoms with van der Waals surface area (Å²) in [5, 5.41) is 29.0. The van der Waals surface area contributed by atoms with Gasteiger partial charge in [-0.1, -0.05) is 42.8 Å². The maximum absolute atomic E-state index is 12.5. The van der Waals surface area contributed by atoms with E-state index in [2.05, 4.69) is 11.5 Å². The van der Waals surface area contributed by atoms with Crippen LogP contribution in [0.1, 0.15) is 51.2 Å². The summed E-state index contributed by atoms with van der Waals surface area (Å²) in [6.45, 7) is 9.82. The molecule has 1 saturated heterocycles. The zero-order chi connectivity index (χ0) is 26.9. The minimum atomic E-state index is -1.00. The van der Waals surface area contributed by atoms with Crippen molar-refractivity contribution in [3.63, 3.8) is 0 Å². The van der Waals surface area contributed by atoms with Gasteiger partial charge >= 0.3 is 5.97 Å². The average molecular weight is 529 g/mol. The summed E-state index contributed by atoms with van der Waals surface area (Å²) >= 11 is 6.41. The predicted molar refractivity (Wildman–Crippen MR) is 148 cm³/mol. The number of nitrogens with zero attached hydrogens (tertiary/aromatic N) is 2. The second kappa shape index (κ2) is 13.7. The first-order chi connectivity index (χ1) is 17.8. The fourth-order valence-electron chi connectivity index (χ4n) is 4.69. The molecule has 1 fully saturated rings. The standard InChI is InChI=1S/C28H37ClN4O4/c1-4-10-21(34)15-19(5-2)27-22-16-20(29)11-12-23(22)33(25(30)18-32-13-8-7-9-14-32)28(31)24(37-27)17-26(35)36-6-3/h4-5,10-12,15-16,21,24,27,30-31,34H,2,6-9,13-14,17-18H2,1,3H3/b10-4-,19-15?,30-25?,31-28?. The van der Waals surface area contributed by atoms with Gasteiger partial charge in [-0.3, -0.25) is 25.4 Å². The summed E-state index contributed by atoms with van der Waals surface area (Å²) in [4.78, 5) is 16.3. The lowest BCUT2D eigenvalue weighted by Gasteiger charge is -2.32. The third-order valence-electron chi connectivity index (χ3n) is 6.40. The SMILES string of the molecule is C=CC(=CC(O)/C=C\C)C1OC(CC(=O)OCC)C(=N)N(C(=N)CN2CCCCC2)c2ccc(Cl)cc21. The molecule has 9 heteroatoms. The maximum Gasteiger partial charge on any atom is 0.308 e.